The van der Waals surface area contributed by atoms with E-state index < -0.39 is 0 Å². The van der Waals surface area contributed by atoms with Gasteiger partial charge in [-0.15, -0.1) is 0 Å². The lowest BCUT2D eigenvalue weighted by Gasteiger charge is -2.12. The predicted octanol–water partition coefficient (Wildman–Crippen LogP) is 5.73. The monoisotopic (exact) mass is 442 g/mol. The van der Waals surface area contributed by atoms with Gasteiger partial charge in [0, 0.05) is 28.2 Å². The number of nitrogens with zero attached hydrogens (tertiary/aromatic N) is 2. The number of carbonyl (C=O) groups is 1. The van der Waals surface area contributed by atoms with Crippen molar-refractivity contribution in [3.8, 4) is 11.1 Å². The number of hydrogen-bond donors (Lipinski definition) is 2. The van der Waals surface area contributed by atoms with E-state index in [0.717, 1.165) is 46.5 Å². The van der Waals surface area contributed by atoms with E-state index in [1.54, 1.807) is 6.20 Å². The second kappa shape index (κ2) is 9.62. The molecular formula is C26H23ClN4O. The molecule has 0 fully saturated rings. The maximum absolute atomic E-state index is 13.1. The van der Waals surface area contributed by atoms with Gasteiger partial charge in [0.1, 0.15) is 0 Å². The molecule has 0 saturated carbocycles. The smallest absolute Gasteiger partial charge is 0.256 e. The van der Waals surface area contributed by atoms with Crippen LogP contribution in [0.25, 0.3) is 11.1 Å². The molecule has 0 spiro atoms. The van der Waals surface area contributed by atoms with Gasteiger partial charge < -0.3 is 11.1 Å². The van der Waals surface area contributed by atoms with Crippen molar-refractivity contribution < 1.29 is 4.79 Å². The normalized spacial score (nSPS) is 10.7. The molecule has 0 aliphatic rings. The number of halogens is 1. The summed E-state index contributed by atoms with van der Waals surface area (Å²) in [5.41, 5.74) is 12.0. The van der Waals surface area contributed by atoms with Crippen LogP contribution in [-0.2, 0) is 12.8 Å². The van der Waals surface area contributed by atoms with Crippen molar-refractivity contribution >= 4 is 29.1 Å². The van der Waals surface area contributed by atoms with Crippen LogP contribution in [0.15, 0.2) is 79.0 Å². The van der Waals surface area contributed by atoms with Crippen molar-refractivity contribution in [2.24, 2.45) is 0 Å². The Labute approximate surface area is 192 Å². The average molecular weight is 443 g/mol. The van der Waals surface area contributed by atoms with Crippen molar-refractivity contribution in [3.63, 3.8) is 0 Å². The first kappa shape index (κ1) is 21.5. The summed E-state index contributed by atoms with van der Waals surface area (Å²) in [6.07, 6.45) is 3.26. The molecule has 0 aliphatic carbocycles. The Balaban J connectivity index is 1.46. The minimum absolute atomic E-state index is 0.154. The molecule has 5 nitrogen and oxygen atoms in total. The van der Waals surface area contributed by atoms with E-state index in [-0.39, 0.29) is 11.9 Å². The number of benzene rings is 3. The van der Waals surface area contributed by atoms with Gasteiger partial charge in [-0.3, -0.25) is 4.79 Å². The van der Waals surface area contributed by atoms with Crippen LogP contribution >= 0.6 is 11.6 Å². The molecule has 4 aromatic rings. The molecule has 0 aliphatic heterocycles. The number of nitrogens with one attached hydrogen (secondary N) is 1. The van der Waals surface area contributed by atoms with Crippen LogP contribution in [0.2, 0.25) is 5.02 Å². The molecule has 1 amide bonds. The van der Waals surface area contributed by atoms with Crippen LogP contribution < -0.4 is 11.1 Å². The van der Waals surface area contributed by atoms with Gasteiger partial charge in [0.15, 0.2) is 0 Å². The highest BCUT2D eigenvalue weighted by molar-refractivity contribution is 6.30. The van der Waals surface area contributed by atoms with E-state index in [1.165, 1.54) is 0 Å². The topological polar surface area (TPSA) is 80.9 Å². The van der Waals surface area contributed by atoms with Crippen LogP contribution in [0, 0.1) is 6.92 Å². The largest absolute Gasteiger partial charge is 0.368 e. The van der Waals surface area contributed by atoms with Gasteiger partial charge in [-0.2, -0.15) is 0 Å². The Morgan fingerprint density at radius 2 is 1.72 bits per heavy atom. The van der Waals surface area contributed by atoms with Crippen LogP contribution in [0.1, 0.15) is 27.2 Å². The summed E-state index contributed by atoms with van der Waals surface area (Å²) in [6, 6.07) is 23.0. The highest BCUT2D eigenvalue weighted by Gasteiger charge is 2.14. The Bertz CT molecular complexity index is 1240. The second-order valence-electron chi connectivity index (χ2n) is 7.61. The Kier molecular flexibility index (Phi) is 6.47. The van der Waals surface area contributed by atoms with Crippen molar-refractivity contribution in [2.45, 2.75) is 19.8 Å². The van der Waals surface area contributed by atoms with Gasteiger partial charge in [-0.05, 0) is 72.9 Å². The molecule has 160 valence electrons. The molecule has 0 radical (unpaired) electrons. The van der Waals surface area contributed by atoms with Crippen LogP contribution in [0.3, 0.4) is 0 Å². The SMILES string of the molecule is Cc1ccc(C(=O)Nc2ccc(CCc3ccnc(N)n3)cc2)c(-c2ccc(Cl)cc2)c1. The zero-order valence-electron chi connectivity index (χ0n) is 17.7. The Morgan fingerprint density at radius 1 is 0.969 bits per heavy atom. The third-order valence-electron chi connectivity index (χ3n) is 5.19. The first-order chi connectivity index (χ1) is 15.5. The van der Waals surface area contributed by atoms with Gasteiger partial charge >= 0.3 is 0 Å². The molecule has 6 heteroatoms. The average Bonchev–Trinajstić information content (AvgIpc) is 2.79. The van der Waals surface area contributed by atoms with E-state index in [1.807, 2.05) is 79.7 Å². The molecule has 3 aromatic carbocycles. The molecule has 32 heavy (non-hydrogen) atoms. The predicted molar refractivity (Wildman–Crippen MR) is 130 cm³/mol. The van der Waals surface area contributed by atoms with Gasteiger partial charge in [-0.1, -0.05) is 53.6 Å². The lowest BCUT2D eigenvalue weighted by molar-refractivity contribution is 0.102. The molecule has 1 heterocycles. The van der Waals surface area contributed by atoms with E-state index in [0.29, 0.717) is 10.6 Å². The quantitative estimate of drug-likeness (QED) is 0.400. The lowest BCUT2D eigenvalue weighted by atomic mass is 9.97. The van der Waals surface area contributed by atoms with Crippen molar-refractivity contribution in [1.82, 2.24) is 9.97 Å². The third kappa shape index (κ3) is 5.31. The highest BCUT2D eigenvalue weighted by Crippen LogP contribution is 2.27. The Hall–Kier alpha value is -3.70. The number of hydrogen-bond acceptors (Lipinski definition) is 4. The van der Waals surface area contributed by atoms with E-state index in [2.05, 4.69) is 15.3 Å². The van der Waals surface area contributed by atoms with Gasteiger partial charge in [-0.25, -0.2) is 9.97 Å². The summed E-state index contributed by atoms with van der Waals surface area (Å²) in [4.78, 5) is 21.2. The van der Waals surface area contributed by atoms with E-state index >= 15 is 0 Å². The number of amides is 1. The fourth-order valence-corrected chi connectivity index (χ4v) is 3.63. The van der Waals surface area contributed by atoms with Gasteiger partial charge in [0.2, 0.25) is 5.95 Å². The Morgan fingerprint density at radius 3 is 2.44 bits per heavy atom. The first-order valence-electron chi connectivity index (χ1n) is 10.3. The number of rotatable bonds is 6. The summed E-state index contributed by atoms with van der Waals surface area (Å²) in [5, 5.41) is 3.67. The first-order valence-corrected chi connectivity index (χ1v) is 10.7. The van der Waals surface area contributed by atoms with Crippen molar-refractivity contribution in [1.29, 1.82) is 0 Å². The minimum atomic E-state index is -0.154. The third-order valence-corrected chi connectivity index (χ3v) is 5.44. The summed E-state index contributed by atoms with van der Waals surface area (Å²) in [7, 11) is 0. The molecule has 0 atom stereocenters. The van der Waals surface area contributed by atoms with E-state index in [4.69, 9.17) is 17.3 Å². The zero-order chi connectivity index (χ0) is 22.5. The number of aryl methyl sites for hydroxylation is 3. The van der Waals surface area contributed by atoms with E-state index in [9.17, 15) is 4.79 Å². The highest BCUT2D eigenvalue weighted by atomic mass is 35.5. The standard InChI is InChI=1S/C26H23ClN4O/c1-17-2-13-23(24(16-17)19-6-8-20(27)9-7-19)25(32)30-21-10-3-18(4-11-21)5-12-22-14-15-29-26(28)31-22/h2-4,6-11,13-16H,5,12H2,1H3,(H,30,32)(H2,28,29,31). The van der Waals surface area contributed by atoms with Gasteiger partial charge in [0.05, 0.1) is 0 Å². The fraction of sp³-hybridized carbons (Fsp3) is 0.115. The molecule has 1 aromatic heterocycles. The molecular weight excluding hydrogens is 420 g/mol. The van der Waals surface area contributed by atoms with Gasteiger partial charge in [0.25, 0.3) is 5.91 Å². The zero-order valence-corrected chi connectivity index (χ0v) is 18.4. The summed E-state index contributed by atoms with van der Waals surface area (Å²) in [6.45, 7) is 2.01. The number of nitrogen functional groups attached to an aromatic ring is 1. The number of aromatic nitrogens is 2. The van der Waals surface area contributed by atoms with Crippen molar-refractivity contribution in [2.75, 3.05) is 11.1 Å². The van der Waals surface area contributed by atoms with Crippen molar-refractivity contribution in [3.05, 3.63) is 106 Å². The summed E-state index contributed by atoms with van der Waals surface area (Å²) < 4.78 is 0. The maximum atomic E-state index is 13.1. The van der Waals surface area contributed by atoms with Crippen LogP contribution in [0.5, 0.6) is 0 Å². The number of anilines is 2. The van der Waals surface area contributed by atoms with Crippen LogP contribution in [-0.4, -0.2) is 15.9 Å². The number of nitrogens with two attached hydrogens (primary N) is 1. The fourth-order valence-electron chi connectivity index (χ4n) is 3.50. The summed E-state index contributed by atoms with van der Waals surface area (Å²) in [5.74, 6) is 0.133. The molecule has 4 rings (SSSR count). The molecule has 0 bridgehead atoms. The molecule has 3 N–H and O–H groups in total. The van der Waals surface area contributed by atoms with Crippen LogP contribution in [0.4, 0.5) is 11.6 Å². The lowest BCUT2D eigenvalue weighted by Crippen LogP contribution is -2.13. The number of carbonyl (C=O) groups excluding carboxylic acids is 1. The maximum Gasteiger partial charge on any atom is 0.256 e. The molecule has 0 saturated heterocycles. The minimum Gasteiger partial charge on any atom is -0.368 e. The second-order valence-corrected chi connectivity index (χ2v) is 8.05. The summed E-state index contributed by atoms with van der Waals surface area (Å²) >= 11 is 6.03. The molecule has 0 unspecified atom stereocenters.